The Morgan fingerprint density at radius 2 is 1.78 bits per heavy atom. The van der Waals surface area contributed by atoms with Crippen molar-refractivity contribution in [1.29, 1.82) is 0 Å². The molecule has 4 aliphatic heterocycles. The normalized spacial score (nSPS) is 23.3. The number of phenols is 1. The quantitative estimate of drug-likeness (QED) is 0.0826. The van der Waals surface area contributed by atoms with Crippen LogP contribution in [0.15, 0.2) is 24.3 Å². The van der Waals surface area contributed by atoms with E-state index in [0.29, 0.717) is 25.8 Å². The molecule has 4 fully saturated rings. The molecule has 4 saturated heterocycles. The van der Waals surface area contributed by atoms with Crippen LogP contribution in [0.3, 0.4) is 0 Å². The molecular formula is C42H43F4N5O7. The Hall–Kier alpha value is -5.56. The number of ether oxygens (including phenoxy) is 4. The van der Waals surface area contributed by atoms with Gasteiger partial charge in [0, 0.05) is 43.9 Å². The highest BCUT2D eigenvalue weighted by Gasteiger charge is 2.50. The number of hydrogen-bond donors (Lipinski definition) is 1. The van der Waals surface area contributed by atoms with Gasteiger partial charge in [0.05, 0.1) is 47.2 Å². The van der Waals surface area contributed by atoms with Gasteiger partial charge in [-0.2, -0.15) is 9.97 Å². The van der Waals surface area contributed by atoms with Crippen LogP contribution in [0.5, 0.6) is 17.5 Å². The summed E-state index contributed by atoms with van der Waals surface area (Å²) < 4.78 is 87.0. The van der Waals surface area contributed by atoms with Crippen molar-refractivity contribution < 1.29 is 51.2 Å². The van der Waals surface area contributed by atoms with E-state index in [1.54, 1.807) is 23.6 Å². The summed E-state index contributed by atoms with van der Waals surface area (Å²) in [4.78, 5) is 40.2. The maximum atomic E-state index is 17.4. The highest BCUT2D eigenvalue weighted by atomic mass is 19.1. The van der Waals surface area contributed by atoms with Crippen molar-refractivity contribution in [1.82, 2.24) is 19.8 Å². The van der Waals surface area contributed by atoms with Gasteiger partial charge in [0.2, 0.25) is 6.29 Å². The fourth-order valence-electron chi connectivity index (χ4n) is 9.27. The molecule has 5 heterocycles. The Balaban J connectivity index is 1.24. The van der Waals surface area contributed by atoms with Gasteiger partial charge >= 0.3 is 18.1 Å². The average Bonchev–Trinajstić information content (AvgIpc) is 3.80. The molecule has 12 nitrogen and oxygen atoms in total. The number of fused-ring (bicyclic) bond motifs is 5. The molecule has 5 atom stereocenters. The van der Waals surface area contributed by atoms with Crippen molar-refractivity contribution in [2.24, 2.45) is 5.92 Å². The number of carbonyl (C=O) groups is 2. The van der Waals surface area contributed by atoms with Crippen LogP contribution in [0.1, 0.15) is 58.4 Å². The first-order chi connectivity index (χ1) is 27.7. The number of nitrogens with zero attached hydrogens (tertiary/aromatic N) is 5. The Morgan fingerprint density at radius 1 is 1.03 bits per heavy atom. The van der Waals surface area contributed by atoms with Crippen LogP contribution in [-0.2, 0) is 14.3 Å². The molecule has 8 rings (SSSR count). The summed E-state index contributed by atoms with van der Waals surface area (Å²) in [6.07, 6.45) is 5.80. The van der Waals surface area contributed by atoms with Crippen molar-refractivity contribution >= 4 is 39.6 Å². The lowest BCUT2D eigenvalue weighted by Gasteiger charge is -2.41. The van der Waals surface area contributed by atoms with Crippen LogP contribution in [-0.4, -0.2) is 107 Å². The maximum absolute atomic E-state index is 17.4. The second-order valence-corrected chi connectivity index (χ2v) is 15.9. The van der Waals surface area contributed by atoms with E-state index >= 15 is 13.2 Å². The van der Waals surface area contributed by atoms with Gasteiger partial charge in [-0.3, -0.25) is 14.6 Å². The Kier molecular flexibility index (Phi) is 10.1. The number of alkyl halides is 1. The minimum absolute atomic E-state index is 0.0115. The summed E-state index contributed by atoms with van der Waals surface area (Å²) in [5, 5.41) is 10.8. The van der Waals surface area contributed by atoms with Gasteiger partial charge in [-0.25, -0.2) is 22.4 Å². The summed E-state index contributed by atoms with van der Waals surface area (Å²) in [5.74, 6) is -2.55. The van der Waals surface area contributed by atoms with Crippen molar-refractivity contribution in [2.75, 3.05) is 44.8 Å². The number of aromatic nitrogens is 2. The summed E-state index contributed by atoms with van der Waals surface area (Å²) in [6.45, 7) is 6.10. The topological polar surface area (TPSA) is 127 Å². The van der Waals surface area contributed by atoms with Crippen LogP contribution in [0.4, 0.5) is 28.2 Å². The molecule has 3 unspecified atom stereocenters. The molecule has 4 aromatic rings. The molecule has 16 heteroatoms. The van der Waals surface area contributed by atoms with Gasteiger partial charge in [-0.05, 0) is 55.8 Å². The van der Waals surface area contributed by atoms with Crippen LogP contribution in [0.25, 0.3) is 32.8 Å². The second kappa shape index (κ2) is 15.0. The minimum Gasteiger partial charge on any atom is -0.508 e. The molecule has 4 aliphatic rings. The number of carbonyl (C=O) groups excluding carboxylic acids is 2. The zero-order valence-corrected chi connectivity index (χ0v) is 32.5. The van der Waals surface area contributed by atoms with Crippen LogP contribution >= 0.6 is 0 Å². The van der Waals surface area contributed by atoms with Crippen molar-refractivity contribution in [3.05, 3.63) is 47.3 Å². The number of phenolic OH excluding ortho intramolecular Hbond substituents is 1. The fourth-order valence-corrected chi connectivity index (χ4v) is 9.27. The van der Waals surface area contributed by atoms with E-state index in [-0.39, 0.29) is 77.5 Å². The molecule has 2 bridgehead atoms. The summed E-state index contributed by atoms with van der Waals surface area (Å²) in [7, 11) is 1.20. The zero-order valence-electron chi connectivity index (χ0n) is 32.5. The first-order valence-electron chi connectivity index (χ1n) is 19.4. The van der Waals surface area contributed by atoms with E-state index in [2.05, 4.69) is 10.9 Å². The predicted molar refractivity (Wildman–Crippen MR) is 205 cm³/mol. The SMILES string of the molecule is C#Cc1c(F)ccc2cc(O)cc(-c3c(F)c(OC)c4c(N5CC6CCC(C5)N6C(=O)OC(C)OC(=O)C(C)C)nc(OC[C@@]56CCCN5C[C@H](F)C6)nc4c3F)c12. The minimum atomic E-state index is -1.18. The smallest absolute Gasteiger partial charge is 0.413 e. The fraction of sp³-hybridized carbons (Fsp3) is 0.476. The largest absolute Gasteiger partial charge is 0.508 e. The number of anilines is 1. The standard InChI is InChI=1S/C42H43F4N5O7/c1-6-28-30(44)11-8-23-14-27(52)15-29(31(23)28)32-34(45)36-33(37(55-5)35(32)46)38(48-40(47-36)56-20-42-12-7-13-50(42)17-24(43)16-42)49-18-25-9-10-26(19-49)51(25)41(54)58-22(4)57-39(53)21(2)3/h1,8,11,14-15,21-22,24-26,52H,7,9-10,12-13,16-20H2,2-5H3/t22?,24-,25?,26?,42+/m1/s1. The summed E-state index contributed by atoms with van der Waals surface area (Å²) in [5.41, 5.74) is -2.18. The van der Waals surface area contributed by atoms with E-state index in [4.69, 9.17) is 30.4 Å². The van der Waals surface area contributed by atoms with Gasteiger partial charge in [0.25, 0.3) is 0 Å². The third kappa shape index (κ3) is 6.62. The van der Waals surface area contributed by atoms with E-state index in [0.717, 1.165) is 18.6 Å². The number of benzene rings is 3. The van der Waals surface area contributed by atoms with Crippen LogP contribution in [0, 0.1) is 35.7 Å². The molecule has 306 valence electrons. The molecule has 0 spiro atoms. The number of terminal acetylenes is 1. The average molecular weight is 806 g/mol. The number of aromatic hydroxyl groups is 1. The molecule has 1 aromatic heterocycles. The van der Waals surface area contributed by atoms with Crippen LogP contribution in [0.2, 0.25) is 0 Å². The lowest BCUT2D eigenvalue weighted by atomic mass is 9.92. The van der Waals surface area contributed by atoms with E-state index in [1.165, 1.54) is 26.2 Å². The molecule has 58 heavy (non-hydrogen) atoms. The Morgan fingerprint density at radius 3 is 2.47 bits per heavy atom. The molecule has 0 radical (unpaired) electrons. The van der Waals surface area contributed by atoms with Gasteiger partial charge in [-0.1, -0.05) is 25.8 Å². The monoisotopic (exact) mass is 805 g/mol. The molecule has 3 aromatic carbocycles. The van der Waals surface area contributed by atoms with Crippen molar-refractivity contribution in [2.45, 2.75) is 83.0 Å². The maximum Gasteiger partial charge on any atom is 0.413 e. The zero-order chi connectivity index (χ0) is 41.2. The predicted octanol–water partition coefficient (Wildman–Crippen LogP) is 6.85. The molecule has 1 amide bonds. The third-order valence-corrected chi connectivity index (χ3v) is 11.9. The van der Waals surface area contributed by atoms with E-state index in [9.17, 15) is 19.1 Å². The molecule has 0 aliphatic carbocycles. The lowest BCUT2D eigenvalue weighted by Crippen LogP contribution is -2.56. The Bertz CT molecular complexity index is 2360. The number of methoxy groups -OCH3 is 1. The number of hydrogen-bond acceptors (Lipinski definition) is 11. The summed E-state index contributed by atoms with van der Waals surface area (Å²) >= 11 is 0. The van der Waals surface area contributed by atoms with Gasteiger partial charge < -0.3 is 29.0 Å². The first-order valence-corrected chi connectivity index (χ1v) is 19.4. The lowest BCUT2D eigenvalue weighted by molar-refractivity contribution is -0.170. The van der Waals surface area contributed by atoms with Crippen molar-refractivity contribution in [3.63, 3.8) is 0 Å². The third-order valence-electron chi connectivity index (χ3n) is 11.9. The first kappa shape index (κ1) is 39.3. The Labute approximate surface area is 332 Å². The molecule has 0 saturated carbocycles. The van der Waals surface area contributed by atoms with E-state index < -0.39 is 82.3 Å². The highest BCUT2D eigenvalue weighted by Crippen LogP contribution is 2.47. The van der Waals surface area contributed by atoms with Gasteiger partial charge in [-0.15, -0.1) is 6.42 Å². The number of esters is 1. The summed E-state index contributed by atoms with van der Waals surface area (Å²) in [6, 6.07) is 3.75. The number of rotatable bonds is 9. The second-order valence-electron chi connectivity index (χ2n) is 15.9. The number of halogens is 4. The van der Waals surface area contributed by atoms with Gasteiger partial charge in [0.1, 0.15) is 35.7 Å². The number of amides is 1. The molecular weight excluding hydrogens is 762 g/mol. The van der Waals surface area contributed by atoms with E-state index in [1.807, 2.05) is 4.90 Å². The van der Waals surface area contributed by atoms with Gasteiger partial charge in [0.15, 0.2) is 17.4 Å². The number of piperazine rings is 1. The van der Waals surface area contributed by atoms with Crippen LogP contribution < -0.4 is 14.4 Å². The molecule has 1 N–H and O–H groups in total. The highest BCUT2D eigenvalue weighted by molar-refractivity contribution is 6.06. The van der Waals surface area contributed by atoms with Crippen molar-refractivity contribution in [3.8, 4) is 41.0 Å².